The van der Waals surface area contributed by atoms with Crippen molar-refractivity contribution in [2.24, 2.45) is 0 Å². The summed E-state index contributed by atoms with van der Waals surface area (Å²) >= 11 is 12.0. The molecule has 1 unspecified atom stereocenters. The van der Waals surface area contributed by atoms with Crippen LogP contribution in [-0.4, -0.2) is 84.5 Å². The van der Waals surface area contributed by atoms with Crippen LogP contribution in [0.2, 0.25) is 10.0 Å². The summed E-state index contributed by atoms with van der Waals surface area (Å²) in [6.45, 7) is 15.0. The van der Waals surface area contributed by atoms with Crippen LogP contribution in [0.3, 0.4) is 0 Å². The van der Waals surface area contributed by atoms with E-state index in [0.717, 1.165) is 49.3 Å². The fourth-order valence-electron chi connectivity index (χ4n) is 4.78. The van der Waals surface area contributed by atoms with Crippen LogP contribution in [0.4, 0.5) is 0 Å². The molecule has 2 saturated heterocycles. The van der Waals surface area contributed by atoms with Gasteiger partial charge in [0.05, 0.1) is 0 Å². The Morgan fingerprint density at radius 3 is 1.36 bits per heavy atom. The van der Waals surface area contributed by atoms with E-state index in [9.17, 15) is 0 Å². The highest BCUT2D eigenvalue weighted by atomic mass is 35.5. The van der Waals surface area contributed by atoms with Crippen LogP contribution in [0.1, 0.15) is 24.5 Å². The lowest BCUT2D eigenvalue weighted by Gasteiger charge is -2.39. The highest BCUT2D eigenvalue weighted by Crippen LogP contribution is 2.16. The van der Waals surface area contributed by atoms with E-state index in [2.05, 4.69) is 50.8 Å². The van der Waals surface area contributed by atoms with Gasteiger partial charge in [-0.2, -0.15) is 0 Å². The van der Waals surface area contributed by atoms with E-state index in [1.165, 1.54) is 50.3 Å². The van der Waals surface area contributed by atoms with Crippen LogP contribution in [0, 0.1) is 0 Å². The van der Waals surface area contributed by atoms with Gasteiger partial charge >= 0.3 is 0 Å². The first kappa shape index (κ1) is 36.0. The van der Waals surface area contributed by atoms with Crippen molar-refractivity contribution in [3.05, 3.63) is 69.7 Å². The SMILES string of the molecule is CC(CCN1CCN(Cc2ccc(Cl)cc2)CC1)N1CCN(Cc2ccc(Cl)cc2)CC1.Cl.Cl.Cl.Cl. The second-order valence-electron chi connectivity index (χ2n) is 9.32. The molecule has 4 nitrogen and oxygen atoms in total. The van der Waals surface area contributed by atoms with E-state index in [1.54, 1.807) is 0 Å². The van der Waals surface area contributed by atoms with Gasteiger partial charge in [0, 0.05) is 81.5 Å². The van der Waals surface area contributed by atoms with E-state index in [0.29, 0.717) is 6.04 Å². The van der Waals surface area contributed by atoms with Crippen molar-refractivity contribution in [2.45, 2.75) is 32.5 Å². The first-order valence-corrected chi connectivity index (χ1v) is 12.7. The molecule has 0 radical (unpaired) electrons. The minimum absolute atomic E-state index is 0. The van der Waals surface area contributed by atoms with E-state index in [-0.39, 0.29) is 49.6 Å². The lowest BCUT2D eigenvalue weighted by atomic mass is 10.1. The van der Waals surface area contributed by atoms with E-state index in [1.807, 2.05) is 24.3 Å². The van der Waals surface area contributed by atoms with Gasteiger partial charge in [0.25, 0.3) is 0 Å². The van der Waals surface area contributed by atoms with Gasteiger partial charge in [0.1, 0.15) is 0 Å². The molecule has 2 aliphatic rings. The summed E-state index contributed by atoms with van der Waals surface area (Å²) in [7, 11) is 0. The van der Waals surface area contributed by atoms with Crippen molar-refractivity contribution in [3.63, 3.8) is 0 Å². The van der Waals surface area contributed by atoms with Crippen molar-refractivity contribution >= 4 is 72.8 Å². The molecule has 0 spiro atoms. The number of piperazine rings is 2. The summed E-state index contributed by atoms with van der Waals surface area (Å²) in [5, 5.41) is 1.63. The maximum atomic E-state index is 6.01. The zero-order valence-corrected chi connectivity index (χ0v) is 25.6. The minimum atomic E-state index is 0. The predicted molar refractivity (Wildman–Crippen MR) is 165 cm³/mol. The largest absolute Gasteiger partial charge is 0.301 e. The highest BCUT2D eigenvalue weighted by Gasteiger charge is 2.23. The quantitative estimate of drug-likeness (QED) is 0.339. The van der Waals surface area contributed by atoms with Crippen molar-refractivity contribution in [3.8, 4) is 0 Å². The molecule has 2 heterocycles. The number of nitrogens with zero attached hydrogens (tertiary/aromatic N) is 4. The van der Waals surface area contributed by atoms with Gasteiger partial charge in [-0.15, -0.1) is 49.6 Å². The fraction of sp³-hybridized carbons (Fsp3) is 0.538. The summed E-state index contributed by atoms with van der Waals surface area (Å²) in [5.41, 5.74) is 2.71. The zero-order chi connectivity index (χ0) is 22.3. The summed E-state index contributed by atoms with van der Waals surface area (Å²) in [6.07, 6.45) is 1.26. The third-order valence-corrected chi connectivity index (χ3v) is 7.50. The topological polar surface area (TPSA) is 13.0 Å². The lowest BCUT2D eigenvalue weighted by molar-refractivity contribution is 0.0796. The maximum absolute atomic E-state index is 6.01. The summed E-state index contributed by atoms with van der Waals surface area (Å²) < 4.78 is 0. The smallest absolute Gasteiger partial charge is 0.0406 e. The molecule has 2 aromatic carbocycles. The van der Waals surface area contributed by atoms with Crippen LogP contribution in [-0.2, 0) is 13.1 Å². The van der Waals surface area contributed by atoms with Gasteiger partial charge < -0.3 is 4.90 Å². The molecule has 2 aliphatic heterocycles. The number of rotatable bonds is 8. The number of hydrogen-bond donors (Lipinski definition) is 0. The van der Waals surface area contributed by atoms with Gasteiger partial charge in [-0.25, -0.2) is 0 Å². The van der Waals surface area contributed by atoms with Crippen LogP contribution in [0.25, 0.3) is 0 Å². The molecule has 0 amide bonds. The minimum Gasteiger partial charge on any atom is -0.301 e. The van der Waals surface area contributed by atoms with E-state index >= 15 is 0 Å². The number of benzene rings is 2. The molecule has 4 rings (SSSR count). The van der Waals surface area contributed by atoms with Gasteiger partial charge in [0.2, 0.25) is 0 Å². The van der Waals surface area contributed by atoms with E-state index in [4.69, 9.17) is 23.2 Å². The van der Waals surface area contributed by atoms with Crippen molar-refractivity contribution in [1.29, 1.82) is 0 Å². The average Bonchev–Trinajstić information content (AvgIpc) is 2.82. The normalized spacial score (nSPS) is 18.2. The first-order chi connectivity index (χ1) is 15.5. The highest BCUT2D eigenvalue weighted by molar-refractivity contribution is 6.30. The summed E-state index contributed by atoms with van der Waals surface area (Å²) in [5.74, 6) is 0. The second-order valence-corrected chi connectivity index (χ2v) is 10.2. The standard InChI is InChI=1S/C26H36Cl2N4.4ClH/c1-22(32-18-16-31(17-19-32)21-24-4-8-26(28)9-5-24)10-11-29-12-14-30(15-13-29)20-23-2-6-25(27)7-3-23;;;;/h2-9,22H,10-21H2,1H3;4*1H. The summed E-state index contributed by atoms with van der Waals surface area (Å²) in [4.78, 5) is 10.4. The Balaban J connectivity index is 0.00000306. The molecular formula is C26H40Cl6N4. The summed E-state index contributed by atoms with van der Waals surface area (Å²) in [6, 6.07) is 17.2. The Morgan fingerprint density at radius 1 is 0.583 bits per heavy atom. The monoisotopic (exact) mass is 618 g/mol. The van der Waals surface area contributed by atoms with Gasteiger partial charge in [-0.1, -0.05) is 47.5 Å². The Bertz CT molecular complexity index is 823. The zero-order valence-electron chi connectivity index (χ0n) is 20.9. The molecule has 206 valence electrons. The average molecular weight is 621 g/mol. The molecule has 2 aromatic rings. The van der Waals surface area contributed by atoms with Crippen LogP contribution < -0.4 is 0 Å². The lowest BCUT2D eigenvalue weighted by Crippen LogP contribution is -2.50. The molecule has 2 fully saturated rings. The van der Waals surface area contributed by atoms with Crippen molar-refractivity contribution in [2.75, 3.05) is 58.9 Å². The molecule has 10 heteroatoms. The molecule has 1 atom stereocenters. The second kappa shape index (κ2) is 18.3. The fourth-order valence-corrected chi connectivity index (χ4v) is 5.03. The van der Waals surface area contributed by atoms with Crippen LogP contribution in [0.15, 0.2) is 48.5 Å². The molecule has 36 heavy (non-hydrogen) atoms. The molecule has 0 bridgehead atoms. The number of halogens is 6. The van der Waals surface area contributed by atoms with Gasteiger partial charge in [-0.3, -0.25) is 14.7 Å². The predicted octanol–water partition coefficient (Wildman–Crippen LogP) is 6.39. The third kappa shape index (κ3) is 11.4. The van der Waals surface area contributed by atoms with Gasteiger partial charge in [-0.05, 0) is 55.3 Å². The Kier molecular flexibility index (Phi) is 18.3. The van der Waals surface area contributed by atoms with Crippen molar-refractivity contribution in [1.82, 2.24) is 19.6 Å². The molecular weight excluding hydrogens is 581 g/mol. The Labute approximate surface area is 252 Å². The van der Waals surface area contributed by atoms with Crippen LogP contribution >= 0.6 is 72.8 Å². The number of hydrogen-bond acceptors (Lipinski definition) is 4. The molecule has 0 saturated carbocycles. The van der Waals surface area contributed by atoms with E-state index < -0.39 is 0 Å². The molecule has 0 N–H and O–H groups in total. The Hall–Kier alpha value is 0.0200. The molecule has 0 aliphatic carbocycles. The third-order valence-electron chi connectivity index (χ3n) is 7.00. The van der Waals surface area contributed by atoms with Crippen molar-refractivity contribution < 1.29 is 0 Å². The Morgan fingerprint density at radius 2 is 0.944 bits per heavy atom. The van der Waals surface area contributed by atoms with Gasteiger partial charge in [0.15, 0.2) is 0 Å². The first-order valence-electron chi connectivity index (χ1n) is 12.0. The molecule has 0 aromatic heterocycles. The van der Waals surface area contributed by atoms with Crippen LogP contribution in [0.5, 0.6) is 0 Å². The maximum Gasteiger partial charge on any atom is 0.0406 e.